The fourth-order valence-electron chi connectivity index (χ4n) is 0.818. The summed E-state index contributed by atoms with van der Waals surface area (Å²) in [5.74, 6) is 0.661. The molecule has 0 fully saturated rings. The van der Waals surface area contributed by atoms with Crippen LogP contribution < -0.4 is 0 Å². The molecule has 0 N–H and O–H groups in total. The van der Waals surface area contributed by atoms with E-state index in [4.69, 9.17) is 0 Å². The van der Waals surface area contributed by atoms with Gasteiger partial charge in [-0.15, -0.1) is 6.42 Å². The van der Waals surface area contributed by atoms with Crippen LogP contribution in [0.1, 0.15) is 20.3 Å². The van der Waals surface area contributed by atoms with Crippen LogP contribution >= 0.6 is 0 Å². The van der Waals surface area contributed by atoms with Crippen LogP contribution in [0.25, 0.3) is 0 Å². The summed E-state index contributed by atoms with van der Waals surface area (Å²) in [5.41, 5.74) is 1.37. The molecule has 0 heterocycles. The normalized spacial score (nSPS) is 15.7. The van der Waals surface area contributed by atoms with E-state index < -0.39 is 0 Å². The van der Waals surface area contributed by atoms with Gasteiger partial charge in [0.25, 0.3) is 0 Å². The molecule has 1 rings (SSSR count). The molecule has 0 saturated carbocycles. The third-order valence-electron chi connectivity index (χ3n) is 1.34. The van der Waals surface area contributed by atoms with Gasteiger partial charge in [-0.1, -0.05) is 19.8 Å². The molecule has 0 aromatic heterocycles. The topological polar surface area (TPSA) is 0 Å². The van der Waals surface area contributed by atoms with Crippen LogP contribution in [0, 0.1) is 12.0 Å². The minimum Gasteiger partial charge on any atom is -0.269 e. The van der Waals surface area contributed by atoms with E-state index in [0.717, 1.165) is 6.42 Å². The fraction of sp³-hybridized carbons (Fsp3) is 0.500. The zero-order chi connectivity index (χ0) is 5.98. The first kappa shape index (κ1) is 9.01. The first-order chi connectivity index (χ1) is 3.80. The van der Waals surface area contributed by atoms with Crippen molar-refractivity contribution in [2.24, 2.45) is 5.92 Å². The molecule has 0 unspecified atom stereocenters. The van der Waals surface area contributed by atoms with Crippen molar-refractivity contribution in [2.75, 3.05) is 0 Å². The molecule has 50 valence electrons. The van der Waals surface area contributed by atoms with Crippen LogP contribution in [0.15, 0.2) is 17.7 Å². The van der Waals surface area contributed by atoms with Crippen LogP contribution in [-0.2, 0) is 17.4 Å². The van der Waals surface area contributed by atoms with Gasteiger partial charge < -0.3 is 0 Å². The summed E-state index contributed by atoms with van der Waals surface area (Å²) in [6.45, 7) is 4.38. The Labute approximate surface area is 67.8 Å². The van der Waals surface area contributed by atoms with Crippen molar-refractivity contribution in [3.05, 3.63) is 23.8 Å². The summed E-state index contributed by atoms with van der Waals surface area (Å²) in [6.07, 6.45) is 8.59. The number of allylic oxidation sites excluding steroid dienone is 4. The van der Waals surface area contributed by atoms with Gasteiger partial charge in [-0.3, -0.25) is 6.08 Å². The summed E-state index contributed by atoms with van der Waals surface area (Å²) in [4.78, 5) is 0. The second-order valence-corrected chi connectivity index (χ2v) is 2.39. The summed E-state index contributed by atoms with van der Waals surface area (Å²) >= 11 is 0. The molecule has 0 saturated heterocycles. The van der Waals surface area contributed by atoms with Gasteiger partial charge >= 0.3 is 0 Å². The van der Waals surface area contributed by atoms with Crippen molar-refractivity contribution in [3.63, 3.8) is 0 Å². The molecule has 0 bridgehead atoms. The van der Waals surface area contributed by atoms with E-state index in [1.165, 1.54) is 5.57 Å². The fourth-order valence-corrected chi connectivity index (χ4v) is 0.818. The van der Waals surface area contributed by atoms with Crippen molar-refractivity contribution in [3.8, 4) is 0 Å². The number of hydrogen-bond acceptors (Lipinski definition) is 0. The molecule has 0 aliphatic heterocycles. The summed E-state index contributed by atoms with van der Waals surface area (Å²) in [7, 11) is 0. The number of rotatable bonds is 1. The second-order valence-electron chi connectivity index (χ2n) is 2.39. The predicted octanol–water partition coefficient (Wildman–Crippen LogP) is 2.33. The molecular weight excluding hydrogens is 148 g/mol. The molecule has 0 atom stereocenters. The third kappa shape index (κ3) is 2.39. The Balaban J connectivity index is 0.000000640. The Bertz CT molecular complexity index is 132. The largest absolute Gasteiger partial charge is 0.269 e. The van der Waals surface area contributed by atoms with Crippen molar-refractivity contribution < 1.29 is 17.4 Å². The van der Waals surface area contributed by atoms with Crippen molar-refractivity contribution in [2.45, 2.75) is 20.3 Å². The van der Waals surface area contributed by atoms with E-state index >= 15 is 0 Å². The quantitative estimate of drug-likeness (QED) is 0.515. The van der Waals surface area contributed by atoms with Crippen LogP contribution in [-0.4, -0.2) is 0 Å². The average molecular weight is 159 g/mol. The molecule has 1 heteroatoms. The van der Waals surface area contributed by atoms with Gasteiger partial charge in [0.2, 0.25) is 0 Å². The Hall–Kier alpha value is 0.0125. The van der Waals surface area contributed by atoms with Gasteiger partial charge in [-0.2, -0.15) is 6.08 Å². The minimum absolute atomic E-state index is 0. The van der Waals surface area contributed by atoms with Crippen LogP contribution in [0.5, 0.6) is 0 Å². The smallest absolute Gasteiger partial charge is 0 e. The van der Waals surface area contributed by atoms with Crippen molar-refractivity contribution in [1.82, 2.24) is 0 Å². The average Bonchev–Trinajstić information content (AvgIpc) is 2.12. The maximum atomic E-state index is 3.26. The standard InChI is InChI=1S/C8H11.Cr/c1-7(2)8-5-3-4-6-8;/h3,5,7H,4H2,1-2H3;/q-1;. The van der Waals surface area contributed by atoms with Crippen LogP contribution in [0.3, 0.4) is 0 Å². The van der Waals surface area contributed by atoms with E-state index in [2.05, 4.69) is 32.1 Å². The van der Waals surface area contributed by atoms with Gasteiger partial charge in [0, 0.05) is 17.4 Å². The molecule has 0 aromatic carbocycles. The Morgan fingerprint density at radius 2 is 2.22 bits per heavy atom. The van der Waals surface area contributed by atoms with Gasteiger partial charge in [0.1, 0.15) is 0 Å². The van der Waals surface area contributed by atoms with E-state index in [1.54, 1.807) is 0 Å². The summed E-state index contributed by atoms with van der Waals surface area (Å²) in [6, 6.07) is 0. The molecule has 0 radical (unpaired) electrons. The Morgan fingerprint density at radius 1 is 1.56 bits per heavy atom. The van der Waals surface area contributed by atoms with E-state index in [0.29, 0.717) is 5.92 Å². The molecule has 0 amide bonds. The summed E-state index contributed by atoms with van der Waals surface area (Å²) in [5, 5.41) is 0. The van der Waals surface area contributed by atoms with Crippen LogP contribution in [0.2, 0.25) is 0 Å². The first-order valence-electron chi connectivity index (χ1n) is 3.08. The Morgan fingerprint density at radius 3 is 2.44 bits per heavy atom. The van der Waals surface area contributed by atoms with Crippen molar-refractivity contribution >= 4 is 0 Å². The first-order valence-corrected chi connectivity index (χ1v) is 3.08. The zero-order valence-electron chi connectivity index (χ0n) is 5.85. The monoisotopic (exact) mass is 159 g/mol. The number of hydrogen-bond donors (Lipinski definition) is 0. The third-order valence-corrected chi connectivity index (χ3v) is 1.34. The molecule has 9 heavy (non-hydrogen) atoms. The minimum atomic E-state index is 0. The molecule has 1 aliphatic carbocycles. The molecule has 1 aliphatic rings. The van der Waals surface area contributed by atoms with Gasteiger partial charge in [0.05, 0.1) is 0 Å². The molecule has 0 spiro atoms. The summed E-state index contributed by atoms with van der Waals surface area (Å²) < 4.78 is 0. The SMILES string of the molecule is CC(C)C1=[C-]CC=C1.[Cr]. The predicted molar refractivity (Wildman–Crippen MR) is 35.4 cm³/mol. The molecule has 0 aromatic rings. The van der Waals surface area contributed by atoms with Gasteiger partial charge in [-0.25, -0.2) is 11.6 Å². The van der Waals surface area contributed by atoms with Crippen LogP contribution in [0.4, 0.5) is 0 Å². The maximum absolute atomic E-state index is 3.26. The van der Waals surface area contributed by atoms with E-state index in [-0.39, 0.29) is 17.4 Å². The second kappa shape index (κ2) is 3.93. The van der Waals surface area contributed by atoms with E-state index in [9.17, 15) is 0 Å². The molecular formula is C8H11Cr-. The molecule has 0 nitrogen and oxygen atoms in total. The van der Waals surface area contributed by atoms with E-state index in [1.807, 2.05) is 0 Å². The van der Waals surface area contributed by atoms with Gasteiger partial charge in [0.15, 0.2) is 0 Å². The van der Waals surface area contributed by atoms with Crippen molar-refractivity contribution in [1.29, 1.82) is 0 Å². The zero-order valence-corrected chi connectivity index (χ0v) is 7.12. The maximum Gasteiger partial charge on any atom is 0 e. The Kier molecular flexibility index (Phi) is 3.94. The van der Waals surface area contributed by atoms with Gasteiger partial charge in [-0.05, 0) is 0 Å².